The lowest BCUT2D eigenvalue weighted by atomic mass is 10.4. The summed E-state index contributed by atoms with van der Waals surface area (Å²) >= 11 is 6.92. The summed E-state index contributed by atoms with van der Waals surface area (Å²) in [6.45, 7) is 3.58. The number of thiazole rings is 1. The molecule has 122 valence electrons. The number of esters is 1. The van der Waals surface area contributed by atoms with Crippen LogP contribution in [0.3, 0.4) is 0 Å². The molecule has 0 saturated carbocycles. The predicted octanol–water partition coefficient (Wildman–Crippen LogP) is 2.75. The zero-order chi connectivity index (χ0) is 17.1. The predicted molar refractivity (Wildman–Crippen MR) is 84.6 cm³/mol. The second-order valence-electron chi connectivity index (χ2n) is 4.27. The van der Waals surface area contributed by atoms with Crippen LogP contribution in [0.5, 0.6) is 0 Å². The third-order valence-electron chi connectivity index (χ3n) is 2.72. The molecule has 0 aliphatic carbocycles. The lowest BCUT2D eigenvalue weighted by molar-refractivity contribution is -0.384. The van der Waals surface area contributed by atoms with Gasteiger partial charge in [-0.15, -0.1) is 11.3 Å². The fourth-order valence-corrected chi connectivity index (χ4v) is 2.79. The van der Waals surface area contributed by atoms with Gasteiger partial charge >= 0.3 is 11.7 Å². The van der Waals surface area contributed by atoms with E-state index in [1.165, 1.54) is 23.3 Å². The molecule has 0 aromatic carbocycles. The van der Waals surface area contributed by atoms with Crippen LogP contribution < -0.4 is 4.90 Å². The fourth-order valence-electron chi connectivity index (χ4n) is 1.79. The smallest absolute Gasteiger partial charge is 0.360 e. The van der Waals surface area contributed by atoms with Crippen LogP contribution in [0, 0.1) is 17.0 Å². The second kappa shape index (κ2) is 6.84. The van der Waals surface area contributed by atoms with Crippen LogP contribution in [-0.2, 0) is 4.74 Å². The summed E-state index contributed by atoms with van der Waals surface area (Å²) in [5, 5.41) is 12.0. The van der Waals surface area contributed by atoms with E-state index in [1.54, 1.807) is 13.8 Å². The molecule has 0 fully saturated rings. The highest BCUT2D eigenvalue weighted by Gasteiger charge is 2.27. The molecule has 0 saturated heterocycles. The molecule has 23 heavy (non-hydrogen) atoms. The van der Waals surface area contributed by atoms with Crippen molar-refractivity contribution in [2.75, 3.05) is 18.6 Å². The Morgan fingerprint density at radius 1 is 1.52 bits per heavy atom. The molecule has 0 atom stereocenters. The Balaban J connectivity index is 2.53. The van der Waals surface area contributed by atoms with Crippen LogP contribution in [0.15, 0.2) is 6.20 Å². The molecule has 2 aromatic rings. The number of aromatic nitrogens is 3. The van der Waals surface area contributed by atoms with Crippen LogP contribution in [0.4, 0.5) is 16.5 Å². The summed E-state index contributed by atoms with van der Waals surface area (Å²) in [5.41, 5.74) is -0.265. The zero-order valence-electron chi connectivity index (χ0n) is 12.4. The van der Waals surface area contributed by atoms with Gasteiger partial charge in [-0.1, -0.05) is 0 Å². The topological polar surface area (TPSA) is 111 Å². The first-order chi connectivity index (χ1) is 10.8. The Bertz CT molecular complexity index is 766. The maximum Gasteiger partial charge on any atom is 0.360 e. The van der Waals surface area contributed by atoms with Gasteiger partial charge in [-0.25, -0.2) is 14.8 Å². The van der Waals surface area contributed by atoms with Gasteiger partial charge in [0.2, 0.25) is 11.1 Å². The minimum Gasteiger partial charge on any atom is -0.461 e. The van der Waals surface area contributed by atoms with E-state index in [0.29, 0.717) is 10.0 Å². The molecular formula is C12H12ClN5O4S. The number of carbonyl (C=O) groups is 1. The SMILES string of the molecule is CCOC(=O)c1nc(C)sc1N(C)c1nc(Cl)ncc1[N+](=O)[O-]. The van der Waals surface area contributed by atoms with Gasteiger partial charge in [-0.05, 0) is 25.4 Å². The monoisotopic (exact) mass is 357 g/mol. The molecule has 0 spiro atoms. The third-order valence-corrected chi connectivity index (χ3v) is 3.95. The molecule has 0 aliphatic rings. The van der Waals surface area contributed by atoms with E-state index in [0.717, 1.165) is 6.20 Å². The number of nitro groups is 1. The number of carbonyl (C=O) groups excluding carboxylic acids is 1. The number of anilines is 2. The Kier molecular flexibility index (Phi) is 5.06. The number of hydrogen-bond acceptors (Lipinski definition) is 9. The summed E-state index contributed by atoms with van der Waals surface area (Å²) in [6.07, 6.45) is 1.01. The van der Waals surface area contributed by atoms with E-state index in [1.807, 2.05) is 0 Å². The summed E-state index contributed by atoms with van der Waals surface area (Å²) in [5.74, 6) is -0.647. The molecule has 0 unspecified atom stereocenters. The van der Waals surface area contributed by atoms with Crippen LogP contribution in [0.25, 0.3) is 0 Å². The van der Waals surface area contributed by atoms with Crippen molar-refractivity contribution >= 4 is 45.4 Å². The van der Waals surface area contributed by atoms with Gasteiger partial charge in [0, 0.05) is 7.05 Å². The molecule has 0 amide bonds. The van der Waals surface area contributed by atoms with Crippen molar-refractivity contribution in [1.82, 2.24) is 15.0 Å². The number of halogens is 1. The summed E-state index contributed by atoms with van der Waals surface area (Å²) in [4.78, 5) is 35.5. The van der Waals surface area contributed by atoms with E-state index in [4.69, 9.17) is 16.3 Å². The van der Waals surface area contributed by atoms with E-state index >= 15 is 0 Å². The minimum absolute atomic E-state index is 0.0378. The minimum atomic E-state index is -0.625. The summed E-state index contributed by atoms with van der Waals surface area (Å²) in [7, 11) is 1.53. The van der Waals surface area contributed by atoms with E-state index < -0.39 is 10.9 Å². The van der Waals surface area contributed by atoms with Gasteiger partial charge in [0.25, 0.3) is 0 Å². The average Bonchev–Trinajstić information content (AvgIpc) is 2.88. The van der Waals surface area contributed by atoms with Crippen molar-refractivity contribution in [3.8, 4) is 0 Å². The molecule has 0 bridgehead atoms. The number of rotatable bonds is 5. The standard InChI is InChI=1S/C12H12ClN5O4S/c1-4-22-11(19)8-10(23-6(2)15-8)17(3)9-7(18(20)21)5-14-12(13)16-9/h5H,4H2,1-3H3. The maximum atomic E-state index is 12.0. The first-order valence-corrected chi connectivity index (χ1v) is 7.59. The molecule has 0 aliphatic heterocycles. The Morgan fingerprint density at radius 2 is 2.22 bits per heavy atom. The molecular weight excluding hydrogens is 346 g/mol. The first kappa shape index (κ1) is 17.0. The van der Waals surface area contributed by atoms with Crippen LogP contribution in [0.2, 0.25) is 5.28 Å². The Labute approximate surface area is 140 Å². The van der Waals surface area contributed by atoms with Crippen molar-refractivity contribution in [2.45, 2.75) is 13.8 Å². The lowest BCUT2D eigenvalue weighted by Crippen LogP contribution is -2.17. The zero-order valence-corrected chi connectivity index (χ0v) is 14.0. The maximum absolute atomic E-state index is 12.0. The largest absolute Gasteiger partial charge is 0.461 e. The van der Waals surface area contributed by atoms with Crippen molar-refractivity contribution < 1.29 is 14.5 Å². The number of hydrogen-bond donors (Lipinski definition) is 0. The molecule has 2 heterocycles. The van der Waals surface area contributed by atoms with Crippen molar-refractivity contribution in [1.29, 1.82) is 0 Å². The van der Waals surface area contributed by atoms with Crippen molar-refractivity contribution in [2.24, 2.45) is 0 Å². The Morgan fingerprint density at radius 3 is 2.83 bits per heavy atom. The van der Waals surface area contributed by atoms with E-state index in [9.17, 15) is 14.9 Å². The third kappa shape index (κ3) is 3.54. The molecule has 2 rings (SSSR count). The average molecular weight is 358 g/mol. The van der Waals surface area contributed by atoms with E-state index in [-0.39, 0.29) is 29.1 Å². The molecule has 0 radical (unpaired) electrons. The van der Waals surface area contributed by atoms with Crippen molar-refractivity contribution in [3.05, 3.63) is 32.3 Å². The second-order valence-corrected chi connectivity index (χ2v) is 5.79. The highest BCUT2D eigenvalue weighted by molar-refractivity contribution is 7.16. The first-order valence-electron chi connectivity index (χ1n) is 6.40. The normalized spacial score (nSPS) is 10.4. The van der Waals surface area contributed by atoms with E-state index in [2.05, 4.69) is 15.0 Å². The quantitative estimate of drug-likeness (QED) is 0.347. The molecule has 2 aromatic heterocycles. The van der Waals surface area contributed by atoms with Gasteiger partial charge in [0.15, 0.2) is 5.69 Å². The fraction of sp³-hybridized carbons (Fsp3) is 0.333. The van der Waals surface area contributed by atoms with Gasteiger partial charge in [0.05, 0.1) is 16.5 Å². The van der Waals surface area contributed by atoms with Crippen LogP contribution in [-0.4, -0.2) is 39.5 Å². The molecule has 9 nitrogen and oxygen atoms in total. The number of ether oxygens (including phenoxy) is 1. The van der Waals surface area contributed by atoms with Crippen LogP contribution >= 0.6 is 22.9 Å². The summed E-state index contributed by atoms with van der Waals surface area (Å²) < 4.78 is 4.96. The summed E-state index contributed by atoms with van der Waals surface area (Å²) in [6, 6.07) is 0. The Hall–Kier alpha value is -2.33. The van der Waals surface area contributed by atoms with Gasteiger partial charge in [-0.2, -0.15) is 4.98 Å². The lowest BCUT2D eigenvalue weighted by Gasteiger charge is -2.16. The van der Waals surface area contributed by atoms with Gasteiger partial charge < -0.3 is 9.64 Å². The van der Waals surface area contributed by atoms with Crippen LogP contribution in [0.1, 0.15) is 22.4 Å². The highest BCUT2D eigenvalue weighted by atomic mass is 35.5. The van der Waals surface area contributed by atoms with Gasteiger partial charge in [-0.3, -0.25) is 10.1 Å². The molecule has 11 heteroatoms. The number of aryl methyl sites for hydroxylation is 1. The highest BCUT2D eigenvalue weighted by Crippen LogP contribution is 2.36. The van der Waals surface area contributed by atoms with Crippen molar-refractivity contribution in [3.63, 3.8) is 0 Å². The number of nitrogens with zero attached hydrogens (tertiary/aromatic N) is 5. The molecule has 0 N–H and O–H groups in total. The van der Waals surface area contributed by atoms with Gasteiger partial charge in [0.1, 0.15) is 11.2 Å².